The van der Waals surface area contributed by atoms with Crippen molar-refractivity contribution in [1.82, 2.24) is 9.55 Å². The van der Waals surface area contributed by atoms with Crippen LogP contribution in [-0.2, 0) is 11.3 Å². The van der Waals surface area contributed by atoms with Gasteiger partial charge < -0.3 is 9.30 Å². The van der Waals surface area contributed by atoms with Crippen molar-refractivity contribution in [2.75, 3.05) is 6.61 Å². The van der Waals surface area contributed by atoms with Crippen LogP contribution >= 0.6 is 0 Å². The molecule has 0 N–H and O–H groups in total. The zero-order chi connectivity index (χ0) is 17.6. The molecule has 0 saturated carbocycles. The highest BCUT2D eigenvalue weighted by Gasteiger charge is 2.19. The van der Waals surface area contributed by atoms with Crippen LogP contribution in [0.25, 0.3) is 0 Å². The summed E-state index contributed by atoms with van der Waals surface area (Å²) >= 11 is 0. The van der Waals surface area contributed by atoms with E-state index in [-0.39, 0.29) is 12.4 Å². The van der Waals surface area contributed by atoms with Gasteiger partial charge >= 0.3 is 5.97 Å². The van der Waals surface area contributed by atoms with Crippen LogP contribution in [0.2, 0.25) is 0 Å². The molecule has 0 bridgehead atoms. The van der Waals surface area contributed by atoms with Crippen molar-refractivity contribution in [1.29, 1.82) is 0 Å². The summed E-state index contributed by atoms with van der Waals surface area (Å²) in [5, 5.41) is 0. The number of pyridine rings is 1. The van der Waals surface area contributed by atoms with Gasteiger partial charge in [-0.3, -0.25) is 9.78 Å². The van der Waals surface area contributed by atoms with E-state index in [0.717, 1.165) is 5.69 Å². The average molecular weight is 334 g/mol. The number of aromatic nitrogens is 2. The minimum Gasteiger partial charge on any atom is -0.462 e. The molecule has 0 saturated heterocycles. The molecule has 0 aliphatic rings. The minimum absolute atomic E-state index is 0.146. The molecule has 5 nitrogen and oxygen atoms in total. The predicted molar refractivity (Wildman–Crippen MR) is 93.6 cm³/mol. The number of ether oxygens (including phenoxy) is 1. The van der Waals surface area contributed by atoms with Crippen LogP contribution in [0.15, 0.2) is 67.0 Å². The Hall–Kier alpha value is -3.21. The molecule has 2 heterocycles. The summed E-state index contributed by atoms with van der Waals surface area (Å²) in [5.41, 5.74) is 2.16. The predicted octanol–water partition coefficient (Wildman–Crippen LogP) is 3.34. The van der Waals surface area contributed by atoms with E-state index in [1.165, 1.54) is 0 Å². The maximum absolute atomic E-state index is 12.9. The first-order valence-corrected chi connectivity index (χ1v) is 8.06. The van der Waals surface area contributed by atoms with Crippen molar-refractivity contribution in [3.8, 4) is 0 Å². The molecule has 0 aliphatic carbocycles. The number of carbonyl (C=O) groups is 2. The highest BCUT2D eigenvalue weighted by atomic mass is 16.5. The standard InChI is InChI=1S/C20H18N2O3/c1-2-25-20(24)16-12-18(19(23)15-8-4-3-5-9-15)22(13-16)14-17-10-6-7-11-21-17/h3-13H,2,14H2,1H3. The fraction of sp³-hybridized carbons (Fsp3) is 0.150. The fourth-order valence-corrected chi connectivity index (χ4v) is 2.56. The molecule has 0 unspecified atom stereocenters. The number of hydrogen-bond acceptors (Lipinski definition) is 4. The smallest absolute Gasteiger partial charge is 0.339 e. The van der Waals surface area contributed by atoms with Crippen molar-refractivity contribution >= 4 is 11.8 Å². The third-order valence-electron chi connectivity index (χ3n) is 3.73. The molecule has 0 radical (unpaired) electrons. The number of benzene rings is 1. The monoisotopic (exact) mass is 334 g/mol. The summed E-state index contributed by atoms with van der Waals surface area (Å²) < 4.78 is 6.79. The summed E-state index contributed by atoms with van der Waals surface area (Å²) in [7, 11) is 0. The van der Waals surface area contributed by atoms with Crippen LogP contribution in [0.1, 0.15) is 39.0 Å². The van der Waals surface area contributed by atoms with Crippen LogP contribution < -0.4 is 0 Å². The number of carbonyl (C=O) groups excluding carboxylic acids is 2. The van der Waals surface area contributed by atoms with Crippen LogP contribution in [0.5, 0.6) is 0 Å². The van der Waals surface area contributed by atoms with E-state index < -0.39 is 5.97 Å². The Labute approximate surface area is 145 Å². The van der Waals surface area contributed by atoms with E-state index in [0.29, 0.717) is 23.4 Å². The quantitative estimate of drug-likeness (QED) is 0.512. The normalized spacial score (nSPS) is 10.4. The Morgan fingerprint density at radius 2 is 1.80 bits per heavy atom. The molecule has 126 valence electrons. The van der Waals surface area contributed by atoms with Crippen LogP contribution in [0.4, 0.5) is 0 Å². The lowest BCUT2D eigenvalue weighted by atomic mass is 10.1. The molecule has 2 aromatic heterocycles. The van der Waals surface area contributed by atoms with E-state index in [9.17, 15) is 9.59 Å². The topological polar surface area (TPSA) is 61.2 Å². The largest absolute Gasteiger partial charge is 0.462 e. The second kappa shape index (κ2) is 7.57. The molecular weight excluding hydrogens is 316 g/mol. The van der Waals surface area contributed by atoms with Gasteiger partial charge in [-0.2, -0.15) is 0 Å². The van der Waals surface area contributed by atoms with Gasteiger partial charge in [-0.25, -0.2) is 4.79 Å². The SMILES string of the molecule is CCOC(=O)c1cc(C(=O)c2ccccc2)n(Cc2ccccn2)c1. The lowest BCUT2D eigenvalue weighted by Crippen LogP contribution is -2.11. The molecular formula is C20H18N2O3. The molecule has 5 heteroatoms. The van der Waals surface area contributed by atoms with Crippen molar-refractivity contribution in [3.63, 3.8) is 0 Å². The minimum atomic E-state index is -0.440. The highest BCUT2D eigenvalue weighted by Crippen LogP contribution is 2.17. The van der Waals surface area contributed by atoms with E-state index in [1.807, 2.05) is 36.4 Å². The van der Waals surface area contributed by atoms with E-state index in [4.69, 9.17) is 4.74 Å². The van der Waals surface area contributed by atoms with E-state index in [1.54, 1.807) is 42.1 Å². The van der Waals surface area contributed by atoms with Gasteiger partial charge in [0.15, 0.2) is 0 Å². The zero-order valence-electron chi connectivity index (χ0n) is 13.9. The lowest BCUT2D eigenvalue weighted by Gasteiger charge is -2.08. The van der Waals surface area contributed by atoms with Crippen LogP contribution in [0, 0.1) is 0 Å². The highest BCUT2D eigenvalue weighted by molar-refractivity contribution is 6.09. The number of esters is 1. The summed E-state index contributed by atoms with van der Waals surface area (Å²) in [4.78, 5) is 29.2. The molecule has 0 aliphatic heterocycles. The van der Waals surface area contributed by atoms with Gasteiger partial charge in [-0.05, 0) is 25.1 Å². The molecule has 0 amide bonds. The summed E-state index contributed by atoms with van der Waals surface area (Å²) in [6.45, 7) is 2.43. The number of hydrogen-bond donors (Lipinski definition) is 0. The Morgan fingerprint density at radius 3 is 2.48 bits per heavy atom. The van der Waals surface area contributed by atoms with Gasteiger partial charge in [-0.1, -0.05) is 36.4 Å². The maximum atomic E-state index is 12.9. The molecule has 0 spiro atoms. The first kappa shape index (κ1) is 16.6. The van der Waals surface area contributed by atoms with Gasteiger partial charge in [0.1, 0.15) is 0 Å². The lowest BCUT2D eigenvalue weighted by molar-refractivity contribution is 0.0526. The Balaban J connectivity index is 1.99. The van der Waals surface area contributed by atoms with E-state index in [2.05, 4.69) is 4.98 Å². The zero-order valence-corrected chi connectivity index (χ0v) is 13.9. The van der Waals surface area contributed by atoms with Gasteiger partial charge in [0, 0.05) is 18.0 Å². The van der Waals surface area contributed by atoms with Gasteiger partial charge in [0.05, 0.1) is 30.1 Å². The number of nitrogens with zero attached hydrogens (tertiary/aromatic N) is 2. The number of ketones is 1. The molecule has 25 heavy (non-hydrogen) atoms. The molecule has 0 fully saturated rings. The van der Waals surface area contributed by atoms with E-state index >= 15 is 0 Å². The summed E-state index contributed by atoms with van der Waals surface area (Å²) in [6, 6.07) is 16.2. The fourth-order valence-electron chi connectivity index (χ4n) is 2.56. The van der Waals surface area contributed by atoms with Gasteiger partial charge in [0.2, 0.25) is 5.78 Å². The van der Waals surface area contributed by atoms with Crippen molar-refractivity contribution in [3.05, 3.63) is 89.5 Å². The Morgan fingerprint density at radius 1 is 1.04 bits per heavy atom. The number of rotatable bonds is 6. The first-order chi connectivity index (χ1) is 12.2. The second-order valence-electron chi connectivity index (χ2n) is 5.48. The third kappa shape index (κ3) is 3.83. The van der Waals surface area contributed by atoms with Crippen molar-refractivity contribution < 1.29 is 14.3 Å². The second-order valence-corrected chi connectivity index (χ2v) is 5.48. The van der Waals surface area contributed by atoms with Gasteiger partial charge in [0.25, 0.3) is 0 Å². The summed E-state index contributed by atoms with van der Waals surface area (Å²) in [5.74, 6) is -0.587. The average Bonchev–Trinajstić information content (AvgIpc) is 3.07. The van der Waals surface area contributed by atoms with Gasteiger partial charge in [-0.15, -0.1) is 0 Å². The van der Waals surface area contributed by atoms with Crippen molar-refractivity contribution in [2.45, 2.75) is 13.5 Å². The molecule has 3 aromatic rings. The third-order valence-corrected chi connectivity index (χ3v) is 3.73. The molecule has 1 aromatic carbocycles. The Kier molecular flexibility index (Phi) is 5.04. The first-order valence-electron chi connectivity index (χ1n) is 8.06. The summed E-state index contributed by atoms with van der Waals surface area (Å²) in [6.07, 6.45) is 3.34. The Bertz CT molecular complexity index is 870. The molecule has 3 rings (SSSR count). The van der Waals surface area contributed by atoms with Crippen molar-refractivity contribution in [2.24, 2.45) is 0 Å². The maximum Gasteiger partial charge on any atom is 0.339 e. The van der Waals surface area contributed by atoms with Crippen LogP contribution in [-0.4, -0.2) is 27.9 Å². The molecule has 0 atom stereocenters. The van der Waals surface area contributed by atoms with Crippen LogP contribution in [0.3, 0.4) is 0 Å².